The monoisotopic (exact) mass is 416 g/mol. The Hall–Kier alpha value is -2.95. The standard InChI is InChI=1S/C26H28O3Si/c1-3-5-21-30(23-17-11-7-12-18-23,24-19-13-8-14-20-24)29-25(26(27)28-4-2)22-15-9-6-10-16-22/h3,5-20,25H,4,21H2,1-2H3/b5-3+. The van der Waals surface area contributed by atoms with Crippen LogP contribution in [0.3, 0.4) is 0 Å². The van der Waals surface area contributed by atoms with Crippen molar-refractivity contribution in [2.45, 2.75) is 26.0 Å². The number of allylic oxidation sites excluding steroid dienone is 2. The molecule has 4 heteroatoms. The fraction of sp³-hybridized carbons (Fsp3) is 0.192. The first-order valence-electron chi connectivity index (χ1n) is 10.3. The third-order valence-corrected chi connectivity index (χ3v) is 9.02. The minimum Gasteiger partial charge on any atom is -0.464 e. The fourth-order valence-electron chi connectivity index (χ4n) is 3.58. The predicted molar refractivity (Wildman–Crippen MR) is 124 cm³/mol. The Balaban J connectivity index is 2.18. The van der Waals surface area contributed by atoms with Gasteiger partial charge in [0.2, 0.25) is 0 Å². The zero-order valence-electron chi connectivity index (χ0n) is 17.5. The maximum Gasteiger partial charge on any atom is 0.338 e. The Kier molecular flexibility index (Phi) is 7.77. The van der Waals surface area contributed by atoms with Crippen LogP contribution in [-0.2, 0) is 14.0 Å². The Morgan fingerprint density at radius 1 is 0.867 bits per heavy atom. The van der Waals surface area contributed by atoms with Gasteiger partial charge in [-0.1, -0.05) is 103 Å². The molecule has 0 bridgehead atoms. The first-order chi connectivity index (χ1) is 14.7. The Bertz CT molecular complexity index is 900. The second-order valence-corrected chi connectivity index (χ2v) is 10.4. The van der Waals surface area contributed by atoms with Gasteiger partial charge in [-0.15, -0.1) is 0 Å². The van der Waals surface area contributed by atoms with Crippen LogP contribution in [0.25, 0.3) is 0 Å². The van der Waals surface area contributed by atoms with Gasteiger partial charge in [-0.05, 0) is 35.8 Å². The highest BCUT2D eigenvalue weighted by molar-refractivity contribution is 6.97. The number of hydrogen-bond donors (Lipinski definition) is 0. The summed E-state index contributed by atoms with van der Waals surface area (Å²) in [7, 11) is -2.79. The predicted octanol–water partition coefficient (Wildman–Crippen LogP) is 4.64. The fourth-order valence-corrected chi connectivity index (χ4v) is 7.42. The number of hydrogen-bond acceptors (Lipinski definition) is 3. The SMILES string of the molecule is C/C=C/C[Si](OC(C(=O)OCC)c1ccccc1)(c1ccccc1)c1ccccc1. The lowest BCUT2D eigenvalue weighted by atomic mass is 10.1. The van der Waals surface area contributed by atoms with Crippen molar-refractivity contribution in [3.63, 3.8) is 0 Å². The minimum atomic E-state index is -2.79. The number of rotatable bonds is 9. The van der Waals surface area contributed by atoms with Crippen LogP contribution >= 0.6 is 0 Å². The molecule has 0 aliphatic heterocycles. The van der Waals surface area contributed by atoms with Crippen molar-refractivity contribution in [3.8, 4) is 0 Å². The zero-order valence-corrected chi connectivity index (χ0v) is 18.5. The second-order valence-electron chi connectivity index (χ2n) is 6.99. The summed E-state index contributed by atoms with van der Waals surface area (Å²) >= 11 is 0. The maximum atomic E-state index is 13.0. The van der Waals surface area contributed by atoms with Crippen molar-refractivity contribution in [2.24, 2.45) is 0 Å². The van der Waals surface area contributed by atoms with Crippen molar-refractivity contribution >= 4 is 24.7 Å². The molecule has 0 amide bonds. The van der Waals surface area contributed by atoms with Gasteiger partial charge in [-0.25, -0.2) is 4.79 Å². The topological polar surface area (TPSA) is 35.5 Å². The van der Waals surface area contributed by atoms with Crippen LogP contribution in [0.1, 0.15) is 25.5 Å². The lowest BCUT2D eigenvalue weighted by molar-refractivity contribution is -0.152. The molecule has 0 aliphatic rings. The van der Waals surface area contributed by atoms with Gasteiger partial charge in [0.15, 0.2) is 6.10 Å². The Morgan fingerprint density at radius 3 is 1.83 bits per heavy atom. The summed E-state index contributed by atoms with van der Waals surface area (Å²) in [6, 6.07) is 30.9. The maximum absolute atomic E-state index is 13.0. The van der Waals surface area contributed by atoms with Crippen LogP contribution in [0, 0.1) is 0 Å². The van der Waals surface area contributed by atoms with Crippen molar-refractivity contribution in [2.75, 3.05) is 6.61 Å². The summed E-state index contributed by atoms with van der Waals surface area (Å²) in [6.45, 7) is 4.14. The van der Waals surface area contributed by atoms with Crippen LogP contribution in [0.2, 0.25) is 6.04 Å². The molecule has 0 saturated carbocycles. The highest BCUT2D eigenvalue weighted by atomic mass is 28.4. The number of carbonyl (C=O) groups is 1. The van der Waals surface area contributed by atoms with Crippen molar-refractivity contribution in [1.82, 2.24) is 0 Å². The van der Waals surface area contributed by atoms with E-state index in [0.717, 1.165) is 22.0 Å². The van der Waals surface area contributed by atoms with Crippen molar-refractivity contribution in [1.29, 1.82) is 0 Å². The van der Waals surface area contributed by atoms with Crippen LogP contribution in [-0.4, -0.2) is 20.9 Å². The minimum absolute atomic E-state index is 0.311. The molecule has 0 spiro atoms. The van der Waals surface area contributed by atoms with E-state index in [-0.39, 0.29) is 5.97 Å². The highest BCUT2D eigenvalue weighted by Crippen LogP contribution is 2.27. The Labute approximate surface area is 180 Å². The van der Waals surface area contributed by atoms with E-state index in [1.807, 2.05) is 86.7 Å². The summed E-state index contributed by atoms with van der Waals surface area (Å²) in [6.07, 6.45) is 3.39. The van der Waals surface area contributed by atoms with Crippen LogP contribution in [0.5, 0.6) is 0 Å². The van der Waals surface area contributed by atoms with Gasteiger partial charge in [-0.2, -0.15) is 0 Å². The third kappa shape index (κ3) is 4.96. The van der Waals surface area contributed by atoms with E-state index in [4.69, 9.17) is 9.16 Å². The molecule has 3 rings (SSSR count). The molecule has 30 heavy (non-hydrogen) atoms. The van der Waals surface area contributed by atoms with E-state index >= 15 is 0 Å². The van der Waals surface area contributed by atoms with E-state index in [0.29, 0.717) is 6.61 Å². The van der Waals surface area contributed by atoms with E-state index in [1.54, 1.807) is 0 Å². The summed E-state index contributed by atoms with van der Waals surface area (Å²) in [5, 5.41) is 2.25. The zero-order chi connectivity index (χ0) is 21.2. The summed E-state index contributed by atoms with van der Waals surface area (Å²) in [5.41, 5.74) is 0.806. The van der Waals surface area contributed by atoms with Crippen LogP contribution in [0.15, 0.2) is 103 Å². The van der Waals surface area contributed by atoms with Crippen LogP contribution < -0.4 is 10.4 Å². The second kappa shape index (κ2) is 10.7. The number of benzene rings is 3. The van der Waals surface area contributed by atoms with Crippen molar-refractivity contribution in [3.05, 3.63) is 109 Å². The van der Waals surface area contributed by atoms with Crippen molar-refractivity contribution < 1.29 is 14.0 Å². The van der Waals surface area contributed by atoms with E-state index in [2.05, 4.69) is 30.3 Å². The van der Waals surface area contributed by atoms with Gasteiger partial charge in [0.05, 0.1) is 6.61 Å². The molecule has 3 aromatic rings. The number of esters is 1. The molecule has 3 aromatic carbocycles. The largest absolute Gasteiger partial charge is 0.464 e. The lowest BCUT2D eigenvalue weighted by Crippen LogP contribution is -2.61. The molecule has 0 aromatic heterocycles. The summed E-state index contributed by atoms with van der Waals surface area (Å²) in [5.74, 6) is -0.354. The molecule has 0 fully saturated rings. The van der Waals surface area contributed by atoms with Gasteiger partial charge in [0.1, 0.15) is 0 Å². The van der Waals surface area contributed by atoms with Gasteiger partial charge < -0.3 is 9.16 Å². The average Bonchev–Trinajstić information content (AvgIpc) is 2.81. The number of ether oxygens (including phenoxy) is 1. The molecule has 0 N–H and O–H groups in total. The van der Waals surface area contributed by atoms with Gasteiger partial charge >= 0.3 is 5.97 Å². The van der Waals surface area contributed by atoms with E-state index in [9.17, 15) is 4.79 Å². The smallest absolute Gasteiger partial charge is 0.338 e. The Morgan fingerprint density at radius 2 is 1.37 bits per heavy atom. The molecule has 0 heterocycles. The first-order valence-corrected chi connectivity index (χ1v) is 12.4. The quantitative estimate of drug-likeness (QED) is 0.289. The van der Waals surface area contributed by atoms with E-state index in [1.165, 1.54) is 0 Å². The van der Waals surface area contributed by atoms with Gasteiger partial charge in [0.25, 0.3) is 8.32 Å². The average molecular weight is 417 g/mol. The molecule has 0 aliphatic carbocycles. The summed E-state index contributed by atoms with van der Waals surface area (Å²) in [4.78, 5) is 13.0. The molecule has 154 valence electrons. The first kappa shape index (κ1) is 21.7. The molecular formula is C26H28O3Si. The molecule has 0 saturated heterocycles. The van der Waals surface area contributed by atoms with Gasteiger partial charge in [-0.3, -0.25) is 0 Å². The lowest BCUT2D eigenvalue weighted by Gasteiger charge is -2.35. The third-order valence-electron chi connectivity index (χ3n) is 5.04. The molecular weight excluding hydrogens is 388 g/mol. The molecule has 1 atom stereocenters. The summed E-state index contributed by atoms with van der Waals surface area (Å²) < 4.78 is 12.3. The van der Waals surface area contributed by atoms with Gasteiger partial charge in [0, 0.05) is 0 Å². The van der Waals surface area contributed by atoms with E-state index < -0.39 is 14.4 Å². The molecule has 0 radical (unpaired) electrons. The number of carbonyl (C=O) groups excluding carboxylic acids is 1. The van der Waals surface area contributed by atoms with Crippen LogP contribution in [0.4, 0.5) is 0 Å². The molecule has 3 nitrogen and oxygen atoms in total. The normalized spacial score (nSPS) is 12.6. The highest BCUT2D eigenvalue weighted by Gasteiger charge is 2.43. The molecule has 1 unspecified atom stereocenters.